The Morgan fingerprint density at radius 3 is 2.51 bits per heavy atom. The lowest BCUT2D eigenvalue weighted by Crippen LogP contribution is -2.48. The molecule has 4 rings (SSSR count). The predicted molar refractivity (Wildman–Crippen MR) is 148 cm³/mol. The second-order valence-corrected chi connectivity index (χ2v) is 12.1. The Bertz CT molecular complexity index is 1340. The van der Waals surface area contributed by atoms with Gasteiger partial charge in [0.25, 0.3) is 10.1 Å². The van der Waals surface area contributed by atoms with E-state index in [4.69, 9.17) is 9.17 Å². The van der Waals surface area contributed by atoms with E-state index in [1.807, 2.05) is 37.3 Å². The molecule has 0 radical (unpaired) electrons. The molecule has 2 unspecified atom stereocenters. The Labute approximate surface area is 220 Å². The number of benzene rings is 2. The summed E-state index contributed by atoms with van der Waals surface area (Å²) in [5.41, 5.74) is 4.95. The number of piperidine rings is 1. The summed E-state index contributed by atoms with van der Waals surface area (Å²) in [5.74, 6) is 0.609. The summed E-state index contributed by atoms with van der Waals surface area (Å²) < 4.78 is 30.5. The van der Waals surface area contributed by atoms with Crippen LogP contribution < -0.4 is 10.6 Å². The Kier molecular flexibility index (Phi) is 7.99. The maximum atomic E-state index is 12.5. The van der Waals surface area contributed by atoms with E-state index in [2.05, 4.69) is 36.0 Å². The monoisotopic (exact) mass is 520 g/mol. The largest absolute Gasteiger partial charge is 0.384 e. The molecule has 0 amide bonds. The van der Waals surface area contributed by atoms with Crippen molar-refractivity contribution < 1.29 is 12.6 Å². The second-order valence-electron chi connectivity index (χ2n) is 10.5. The van der Waals surface area contributed by atoms with Crippen molar-refractivity contribution in [2.24, 2.45) is 0 Å². The van der Waals surface area contributed by atoms with Gasteiger partial charge in [0.2, 0.25) is 5.95 Å². The second kappa shape index (κ2) is 11.0. The first kappa shape index (κ1) is 26.8. The summed E-state index contributed by atoms with van der Waals surface area (Å²) in [5, 5.41) is 6.91. The van der Waals surface area contributed by atoms with Crippen molar-refractivity contribution in [3.63, 3.8) is 0 Å². The average molecular weight is 521 g/mol. The predicted octanol–water partition coefficient (Wildman–Crippen LogP) is 5.63. The van der Waals surface area contributed by atoms with Crippen LogP contribution in [0.4, 0.5) is 5.95 Å². The fourth-order valence-electron chi connectivity index (χ4n) is 4.68. The molecule has 2 aromatic carbocycles. The van der Waals surface area contributed by atoms with Gasteiger partial charge in [-0.1, -0.05) is 48.5 Å². The quantitative estimate of drug-likeness (QED) is 0.353. The van der Waals surface area contributed by atoms with E-state index in [1.165, 1.54) is 0 Å². The van der Waals surface area contributed by atoms with E-state index in [9.17, 15) is 8.42 Å². The molecular formula is C29H36N4O3S. The fourth-order valence-corrected chi connectivity index (χ4v) is 5.79. The third kappa shape index (κ3) is 7.40. The van der Waals surface area contributed by atoms with Gasteiger partial charge in [-0.25, -0.2) is 9.97 Å². The topological polar surface area (TPSA) is 93.2 Å². The van der Waals surface area contributed by atoms with Gasteiger partial charge in [0.1, 0.15) is 0 Å². The smallest absolute Gasteiger partial charge is 0.297 e. The third-order valence-electron chi connectivity index (χ3n) is 6.44. The van der Waals surface area contributed by atoms with E-state index in [-0.39, 0.29) is 16.5 Å². The van der Waals surface area contributed by atoms with E-state index >= 15 is 0 Å². The van der Waals surface area contributed by atoms with Gasteiger partial charge in [-0.15, -0.1) is 0 Å². The highest BCUT2D eigenvalue weighted by Crippen LogP contribution is 2.26. The number of nitrogens with one attached hydrogen (secondary N) is 2. The molecule has 1 aromatic heterocycles. The number of aromatic nitrogens is 2. The zero-order valence-corrected chi connectivity index (χ0v) is 22.8. The maximum Gasteiger partial charge on any atom is 0.297 e. The van der Waals surface area contributed by atoms with Crippen LogP contribution in [0.15, 0.2) is 78.0 Å². The van der Waals surface area contributed by atoms with Gasteiger partial charge in [0.15, 0.2) is 0 Å². The molecule has 1 aliphatic heterocycles. The first-order valence-corrected chi connectivity index (χ1v) is 14.0. The third-order valence-corrected chi connectivity index (χ3v) is 7.87. The Hall–Kier alpha value is -3.23. The SMILES string of the molecule is C=C1CC(Nc2nccc(-c3ccc(CCC(C)OS(=O)(=O)c4ccc(C)cc4)cc3)n2)CC(C)(C)N1. The Balaban J connectivity index is 1.34. The lowest BCUT2D eigenvalue weighted by atomic mass is 9.88. The molecule has 0 spiro atoms. The minimum absolute atomic E-state index is 0.0200. The summed E-state index contributed by atoms with van der Waals surface area (Å²) in [6, 6.07) is 17.0. The first-order chi connectivity index (χ1) is 17.5. The molecule has 0 aliphatic carbocycles. The molecule has 3 aromatic rings. The van der Waals surface area contributed by atoms with Crippen LogP contribution >= 0.6 is 0 Å². The zero-order chi connectivity index (χ0) is 26.6. The molecule has 0 bridgehead atoms. The van der Waals surface area contributed by atoms with Gasteiger partial charge in [-0.3, -0.25) is 4.18 Å². The van der Waals surface area contributed by atoms with Crippen LogP contribution in [0.3, 0.4) is 0 Å². The maximum absolute atomic E-state index is 12.5. The minimum atomic E-state index is -3.78. The number of hydrogen-bond acceptors (Lipinski definition) is 7. The van der Waals surface area contributed by atoms with Crippen LogP contribution in [0.2, 0.25) is 0 Å². The number of anilines is 1. The Morgan fingerprint density at radius 1 is 1.14 bits per heavy atom. The number of hydrogen-bond donors (Lipinski definition) is 2. The van der Waals surface area contributed by atoms with Crippen molar-refractivity contribution in [2.75, 3.05) is 5.32 Å². The van der Waals surface area contributed by atoms with Gasteiger partial charge < -0.3 is 10.6 Å². The van der Waals surface area contributed by atoms with Crippen LogP contribution in [0, 0.1) is 6.92 Å². The Morgan fingerprint density at radius 2 is 1.84 bits per heavy atom. The molecule has 37 heavy (non-hydrogen) atoms. The molecular weight excluding hydrogens is 484 g/mol. The van der Waals surface area contributed by atoms with Crippen LogP contribution in [0.1, 0.15) is 51.2 Å². The average Bonchev–Trinajstić information content (AvgIpc) is 2.82. The van der Waals surface area contributed by atoms with Gasteiger partial charge in [-0.2, -0.15) is 8.42 Å². The van der Waals surface area contributed by atoms with E-state index in [0.717, 1.165) is 40.9 Å². The summed E-state index contributed by atoms with van der Waals surface area (Å²) in [6.07, 6.45) is 4.41. The zero-order valence-electron chi connectivity index (χ0n) is 22.0. The van der Waals surface area contributed by atoms with Crippen LogP contribution in [-0.2, 0) is 20.7 Å². The summed E-state index contributed by atoms with van der Waals surface area (Å²) in [4.78, 5) is 9.33. The molecule has 2 atom stereocenters. The molecule has 2 N–H and O–H groups in total. The van der Waals surface area contributed by atoms with Gasteiger partial charge in [0, 0.05) is 35.5 Å². The van der Waals surface area contributed by atoms with Crippen molar-refractivity contribution in [1.29, 1.82) is 0 Å². The summed E-state index contributed by atoms with van der Waals surface area (Å²) >= 11 is 0. The van der Waals surface area contributed by atoms with Crippen molar-refractivity contribution in [1.82, 2.24) is 15.3 Å². The molecule has 196 valence electrons. The lowest BCUT2D eigenvalue weighted by molar-refractivity contribution is 0.218. The van der Waals surface area contributed by atoms with Gasteiger partial charge >= 0.3 is 0 Å². The summed E-state index contributed by atoms with van der Waals surface area (Å²) in [7, 11) is -3.78. The standard InChI is InChI=1S/C29H36N4O3S/c1-20-6-14-26(15-7-20)37(34,35)36-22(3)8-9-23-10-12-24(13-11-23)27-16-17-30-28(32-27)31-25-18-21(2)33-29(4,5)19-25/h6-7,10-17,22,25,33H,2,8-9,18-19H2,1,3-5H3,(H,30,31,32). The van der Waals surface area contributed by atoms with E-state index in [1.54, 1.807) is 37.4 Å². The van der Waals surface area contributed by atoms with Gasteiger partial charge in [0.05, 0.1) is 16.7 Å². The minimum Gasteiger partial charge on any atom is -0.384 e. The number of nitrogens with zero attached hydrogens (tertiary/aromatic N) is 2. The molecule has 7 nitrogen and oxygen atoms in total. The van der Waals surface area contributed by atoms with Crippen LogP contribution in [0.25, 0.3) is 11.3 Å². The highest BCUT2D eigenvalue weighted by Gasteiger charge is 2.29. The highest BCUT2D eigenvalue weighted by atomic mass is 32.2. The van der Waals surface area contributed by atoms with Crippen LogP contribution in [-0.4, -0.2) is 36.1 Å². The molecule has 2 heterocycles. The summed E-state index contributed by atoms with van der Waals surface area (Å²) in [6.45, 7) is 12.1. The molecule has 8 heteroatoms. The van der Waals surface area contributed by atoms with Crippen molar-refractivity contribution in [3.8, 4) is 11.3 Å². The fraction of sp³-hybridized carbons (Fsp3) is 0.379. The van der Waals surface area contributed by atoms with Crippen molar-refractivity contribution >= 4 is 16.1 Å². The first-order valence-electron chi connectivity index (χ1n) is 12.6. The number of rotatable bonds is 9. The van der Waals surface area contributed by atoms with Crippen molar-refractivity contribution in [3.05, 3.63) is 84.2 Å². The van der Waals surface area contributed by atoms with E-state index in [0.29, 0.717) is 18.8 Å². The molecule has 1 aliphatic rings. The molecule has 1 fully saturated rings. The van der Waals surface area contributed by atoms with Crippen molar-refractivity contribution in [2.45, 2.75) is 76.0 Å². The van der Waals surface area contributed by atoms with Gasteiger partial charge in [-0.05, 0) is 70.7 Å². The van der Waals surface area contributed by atoms with E-state index < -0.39 is 16.2 Å². The number of aryl methyl sites for hydroxylation is 2. The molecule has 0 saturated carbocycles. The normalized spacial score (nSPS) is 18.2. The highest BCUT2D eigenvalue weighted by molar-refractivity contribution is 7.86. The molecule has 1 saturated heterocycles. The van der Waals surface area contributed by atoms with Crippen LogP contribution in [0.5, 0.6) is 0 Å². The lowest BCUT2D eigenvalue weighted by Gasteiger charge is -2.38.